The molecule has 1 N–H and O–H groups in total. The molecule has 0 aliphatic heterocycles. The lowest BCUT2D eigenvalue weighted by Gasteiger charge is -2.05. The van der Waals surface area contributed by atoms with Gasteiger partial charge in [0.05, 0.1) is 0 Å². The zero-order chi connectivity index (χ0) is 15.2. The largest absolute Gasteiger partial charge is 0.315 e. The summed E-state index contributed by atoms with van der Waals surface area (Å²) >= 11 is 1.53. The van der Waals surface area contributed by atoms with Gasteiger partial charge >= 0.3 is 0 Å². The first kappa shape index (κ1) is 16.0. The number of benzene rings is 1. The van der Waals surface area contributed by atoms with Crippen LogP contribution in [-0.2, 0) is 12.8 Å². The van der Waals surface area contributed by atoms with Gasteiger partial charge in [0, 0.05) is 18.9 Å². The summed E-state index contributed by atoms with van der Waals surface area (Å²) in [5.74, 6) is -1.65. The van der Waals surface area contributed by atoms with Gasteiger partial charge < -0.3 is 5.32 Å². The second kappa shape index (κ2) is 7.56. The number of aryl methyl sites for hydroxylation is 1. The summed E-state index contributed by atoms with van der Waals surface area (Å²) in [5.41, 5.74) is 0.707. The molecule has 21 heavy (non-hydrogen) atoms. The summed E-state index contributed by atoms with van der Waals surface area (Å²) in [6.45, 7) is 5.19. The molecule has 0 amide bonds. The molecule has 2 aromatic rings. The zero-order valence-corrected chi connectivity index (χ0v) is 13.0. The fourth-order valence-corrected chi connectivity index (χ4v) is 2.84. The van der Waals surface area contributed by atoms with Crippen LogP contribution in [-0.4, -0.2) is 22.8 Å². The van der Waals surface area contributed by atoms with Crippen LogP contribution in [0.25, 0.3) is 0 Å². The Morgan fingerprint density at radius 3 is 2.62 bits per heavy atom. The number of hydrogen-bond acceptors (Lipinski definition) is 4. The van der Waals surface area contributed by atoms with Crippen molar-refractivity contribution in [1.82, 2.24) is 15.5 Å². The monoisotopic (exact) mass is 311 g/mol. The number of hydrogen-bond donors (Lipinski definition) is 1. The summed E-state index contributed by atoms with van der Waals surface area (Å²) in [6, 6.07) is 4.42. The fraction of sp³-hybridized carbons (Fsp3) is 0.467. The van der Waals surface area contributed by atoms with Crippen molar-refractivity contribution < 1.29 is 8.78 Å². The molecule has 0 saturated heterocycles. The van der Waals surface area contributed by atoms with Crippen LogP contribution in [0.1, 0.15) is 35.8 Å². The lowest BCUT2D eigenvalue weighted by atomic mass is 10.1. The summed E-state index contributed by atoms with van der Waals surface area (Å²) < 4.78 is 26.0. The number of aromatic nitrogens is 2. The number of halogens is 2. The SMILES string of the molecule is CC(C)NCCCc1nnc(Cc2ccc(F)c(F)c2)s1. The Hall–Kier alpha value is -1.40. The molecule has 0 aliphatic carbocycles. The molecule has 0 bridgehead atoms. The molecule has 2 rings (SSSR count). The van der Waals surface area contributed by atoms with Gasteiger partial charge in [-0.2, -0.15) is 0 Å². The van der Waals surface area contributed by atoms with Crippen molar-refractivity contribution in [3.8, 4) is 0 Å². The van der Waals surface area contributed by atoms with Gasteiger partial charge in [-0.05, 0) is 30.7 Å². The lowest BCUT2D eigenvalue weighted by Crippen LogP contribution is -2.23. The first-order valence-corrected chi connectivity index (χ1v) is 7.85. The fourth-order valence-electron chi connectivity index (χ4n) is 1.92. The van der Waals surface area contributed by atoms with E-state index in [-0.39, 0.29) is 0 Å². The molecule has 0 aliphatic rings. The second-order valence-corrected chi connectivity index (χ2v) is 6.37. The van der Waals surface area contributed by atoms with E-state index in [4.69, 9.17) is 0 Å². The zero-order valence-electron chi connectivity index (χ0n) is 12.2. The molecule has 1 aromatic heterocycles. The number of nitrogens with one attached hydrogen (secondary N) is 1. The third kappa shape index (κ3) is 5.13. The van der Waals surface area contributed by atoms with Gasteiger partial charge in [0.15, 0.2) is 11.6 Å². The Labute approximate surface area is 127 Å². The predicted molar refractivity (Wildman–Crippen MR) is 80.5 cm³/mol. The van der Waals surface area contributed by atoms with Crippen molar-refractivity contribution in [3.63, 3.8) is 0 Å². The molecule has 0 radical (unpaired) electrons. The Morgan fingerprint density at radius 1 is 1.14 bits per heavy atom. The Kier molecular flexibility index (Phi) is 5.76. The topological polar surface area (TPSA) is 37.8 Å². The maximum atomic E-state index is 13.1. The molecular weight excluding hydrogens is 292 g/mol. The van der Waals surface area contributed by atoms with E-state index >= 15 is 0 Å². The van der Waals surface area contributed by atoms with E-state index < -0.39 is 11.6 Å². The average Bonchev–Trinajstić information content (AvgIpc) is 2.86. The van der Waals surface area contributed by atoms with Crippen molar-refractivity contribution in [1.29, 1.82) is 0 Å². The number of nitrogens with zero attached hydrogens (tertiary/aromatic N) is 2. The average molecular weight is 311 g/mol. The van der Waals surface area contributed by atoms with Crippen LogP contribution < -0.4 is 5.32 Å². The van der Waals surface area contributed by atoms with Crippen molar-refractivity contribution in [3.05, 3.63) is 45.4 Å². The van der Waals surface area contributed by atoms with Crippen molar-refractivity contribution in [2.24, 2.45) is 0 Å². The van der Waals surface area contributed by atoms with Crippen LogP contribution in [0.5, 0.6) is 0 Å². The quantitative estimate of drug-likeness (QED) is 0.797. The highest BCUT2D eigenvalue weighted by Crippen LogP contribution is 2.17. The van der Waals surface area contributed by atoms with Gasteiger partial charge in [0.25, 0.3) is 0 Å². The van der Waals surface area contributed by atoms with Crippen molar-refractivity contribution in [2.45, 2.75) is 39.2 Å². The Balaban J connectivity index is 1.86. The van der Waals surface area contributed by atoms with Crippen LogP contribution in [0.15, 0.2) is 18.2 Å². The lowest BCUT2D eigenvalue weighted by molar-refractivity contribution is 0.507. The smallest absolute Gasteiger partial charge is 0.159 e. The number of rotatable bonds is 7. The molecule has 0 fully saturated rings. The Morgan fingerprint density at radius 2 is 1.90 bits per heavy atom. The molecule has 1 aromatic carbocycles. The minimum absolute atomic E-state index is 0.485. The van der Waals surface area contributed by atoms with E-state index in [0.29, 0.717) is 18.0 Å². The molecule has 6 heteroatoms. The van der Waals surface area contributed by atoms with Crippen LogP contribution in [0.2, 0.25) is 0 Å². The second-order valence-electron chi connectivity index (χ2n) is 5.23. The van der Waals surface area contributed by atoms with Gasteiger partial charge in [0.1, 0.15) is 10.0 Å². The van der Waals surface area contributed by atoms with Gasteiger partial charge in [0.2, 0.25) is 0 Å². The van der Waals surface area contributed by atoms with E-state index in [9.17, 15) is 8.78 Å². The van der Waals surface area contributed by atoms with Crippen LogP contribution in [0.4, 0.5) is 8.78 Å². The molecule has 0 saturated carbocycles. The highest BCUT2D eigenvalue weighted by Gasteiger charge is 2.08. The normalized spacial score (nSPS) is 11.3. The molecule has 114 valence electrons. The third-order valence-corrected chi connectivity index (χ3v) is 3.95. The van der Waals surface area contributed by atoms with Crippen LogP contribution >= 0.6 is 11.3 Å². The van der Waals surface area contributed by atoms with Gasteiger partial charge in [-0.1, -0.05) is 19.9 Å². The molecule has 0 atom stereocenters. The van der Waals surface area contributed by atoms with Gasteiger partial charge in [-0.3, -0.25) is 0 Å². The van der Waals surface area contributed by atoms with Gasteiger partial charge in [-0.25, -0.2) is 8.78 Å². The van der Waals surface area contributed by atoms with Crippen molar-refractivity contribution in [2.75, 3.05) is 6.54 Å². The first-order chi connectivity index (χ1) is 10.0. The van der Waals surface area contributed by atoms with E-state index in [1.165, 1.54) is 17.4 Å². The predicted octanol–water partition coefficient (Wildman–Crippen LogP) is 3.34. The summed E-state index contributed by atoms with van der Waals surface area (Å²) in [5, 5.41) is 13.4. The molecular formula is C15H19F2N3S. The van der Waals surface area contributed by atoms with E-state index in [0.717, 1.165) is 35.5 Å². The first-order valence-electron chi connectivity index (χ1n) is 7.03. The minimum Gasteiger partial charge on any atom is -0.315 e. The summed E-state index contributed by atoms with van der Waals surface area (Å²) in [7, 11) is 0. The maximum Gasteiger partial charge on any atom is 0.159 e. The summed E-state index contributed by atoms with van der Waals surface area (Å²) in [4.78, 5) is 0. The molecule has 0 unspecified atom stereocenters. The van der Waals surface area contributed by atoms with E-state index in [1.807, 2.05) is 0 Å². The summed E-state index contributed by atoms with van der Waals surface area (Å²) in [6.07, 6.45) is 2.38. The van der Waals surface area contributed by atoms with Gasteiger partial charge in [-0.15, -0.1) is 21.5 Å². The van der Waals surface area contributed by atoms with Crippen molar-refractivity contribution >= 4 is 11.3 Å². The highest BCUT2D eigenvalue weighted by molar-refractivity contribution is 7.11. The minimum atomic E-state index is -0.825. The molecule has 3 nitrogen and oxygen atoms in total. The highest BCUT2D eigenvalue weighted by atomic mass is 32.1. The van der Waals surface area contributed by atoms with Crippen LogP contribution in [0.3, 0.4) is 0 Å². The molecule has 1 heterocycles. The standard InChI is InChI=1S/C15H19F2N3S/c1-10(2)18-7-3-4-14-19-20-15(21-14)9-11-5-6-12(16)13(17)8-11/h5-6,8,10,18H,3-4,7,9H2,1-2H3. The third-order valence-electron chi connectivity index (χ3n) is 2.97. The molecule has 0 spiro atoms. The van der Waals surface area contributed by atoms with E-state index in [2.05, 4.69) is 29.4 Å². The Bertz CT molecular complexity index is 584. The maximum absolute atomic E-state index is 13.1. The van der Waals surface area contributed by atoms with Crippen LogP contribution in [0, 0.1) is 11.6 Å². The van der Waals surface area contributed by atoms with E-state index in [1.54, 1.807) is 6.07 Å².